The molecule has 0 radical (unpaired) electrons. The highest BCUT2D eigenvalue weighted by Gasteiger charge is 1.85. The summed E-state index contributed by atoms with van der Waals surface area (Å²) in [4.78, 5) is 0. The molecule has 0 atom stereocenters. The molecule has 3 nitrogen and oxygen atoms in total. The van der Waals surface area contributed by atoms with Crippen molar-refractivity contribution >= 4 is 0 Å². The van der Waals surface area contributed by atoms with Crippen molar-refractivity contribution in [3.8, 4) is 0 Å². The second-order valence-electron chi connectivity index (χ2n) is 2.49. The Morgan fingerprint density at radius 2 is 2.09 bits per heavy atom. The number of allylic oxidation sites excluding steroid dienone is 2. The van der Waals surface area contributed by atoms with Crippen LogP contribution in [0.5, 0.6) is 0 Å². The molecule has 0 bridgehead atoms. The van der Waals surface area contributed by atoms with Gasteiger partial charge in [-0.25, -0.2) is 5.43 Å². The average molecular weight is 157 g/mol. The highest BCUT2D eigenvalue weighted by atomic mass is 15.5. The van der Waals surface area contributed by atoms with Crippen molar-refractivity contribution in [1.82, 2.24) is 11.0 Å². The highest BCUT2D eigenvalue weighted by molar-refractivity contribution is 4.76. The lowest BCUT2D eigenvalue weighted by molar-refractivity contribution is 0.523. The fraction of sp³-hybridized carbons (Fsp3) is 0.750. The van der Waals surface area contributed by atoms with Crippen LogP contribution in [0, 0.1) is 0 Å². The number of nitrogens with one attached hydrogen (secondary N) is 2. The van der Waals surface area contributed by atoms with Crippen LogP contribution in [0.25, 0.3) is 0 Å². The van der Waals surface area contributed by atoms with E-state index in [9.17, 15) is 0 Å². The van der Waals surface area contributed by atoms with Gasteiger partial charge in [0, 0.05) is 6.54 Å². The largest absolute Gasteiger partial charge is 0.258 e. The first-order valence-corrected chi connectivity index (χ1v) is 4.21. The second kappa shape index (κ2) is 9.62. The van der Waals surface area contributed by atoms with E-state index in [4.69, 9.17) is 5.84 Å². The zero-order valence-corrected chi connectivity index (χ0v) is 7.27. The molecule has 0 spiro atoms. The Bertz CT molecular complexity index is 91.3. The predicted molar refractivity (Wildman–Crippen MR) is 48.6 cm³/mol. The minimum Gasteiger partial charge on any atom is -0.258 e. The predicted octanol–water partition coefficient (Wildman–Crippen LogP) is 1.09. The Labute approximate surface area is 69.0 Å². The van der Waals surface area contributed by atoms with Gasteiger partial charge in [-0.3, -0.25) is 5.84 Å². The van der Waals surface area contributed by atoms with E-state index in [1.54, 1.807) is 0 Å². The smallest absolute Gasteiger partial charge is 0.0113 e. The average Bonchev–Trinajstić information content (AvgIpc) is 2.03. The molecule has 0 unspecified atom stereocenters. The standard InChI is InChI=1S/C8H19N3/c1-2-3-4-5-6-7-8-10-11-9/h2-3,10-11H,4-9H2,1H3. The number of hydrogen-bond donors (Lipinski definition) is 3. The monoisotopic (exact) mass is 157 g/mol. The minimum absolute atomic E-state index is 0.951. The van der Waals surface area contributed by atoms with Crippen molar-refractivity contribution < 1.29 is 0 Å². The van der Waals surface area contributed by atoms with E-state index >= 15 is 0 Å². The molecule has 0 aliphatic carbocycles. The van der Waals surface area contributed by atoms with Crippen molar-refractivity contribution in [2.24, 2.45) is 5.84 Å². The lowest BCUT2D eigenvalue weighted by Gasteiger charge is -2.00. The fourth-order valence-electron chi connectivity index (χ4n) is 0.891. The molecule has 0 fully saturated rings. The van der Waals surface area contributed by atoms with E-state index < -0.39 is 0 Å². The molecule has 0 amide bonds. The molecule has 3 heteroatoms. The number of rotatable bonds is 7. The van der Waals surface area contributed by atoms with Crippen LogP contribution >= 0.6 is 0 Å². The van der Waals surface area contributed by atoms with Crippen LogP contribution in [0.1, 0.15) is 32.6 Å². The normalized spacial score (nSPS) is 11.1. The van der Waals surface area contributed by atoms with E-state index in [0.717, 1.165) is 6.54 Å². The molecular weight excluding hydrogens is 138 g/mol. The molecule has 0 saturated carbocycles. The van der Waals surface area contributed by atoms with Gasteiger partial charge in [-0.1, -0.05) is 18.6 Å². The quantitative estimate of drug-likeness (QED) is 0.224. The summed E-state index contributed by atoms with van der Waals surface area (Å²) in [6.07, 6.45) is 9.22. The number of unbranched alkanes of at least 4 members (excludes halogenated alkanes) is 3. The third-order valence-corrected chi connectivity index (χ3v) is 1.51. The summed E-state index contributed by atoms with van der Waals surface area (Å²) in [5, 5.41) is 0. The Hall–Kier alpha value is -0.380. The number of nitrogens with two attached hydrogens (primary N) is 1. The lowest BCUT2D eigenvalue weighted by atomic mass is 10.2. The molecule has 66 valence electrons. The van der Waals surface area contributed by atoms with E-state index in [-0.39, 0.29) is 0 Å². The molecule has 0 aliphatic heterocycles. The fourth-order valence-corrected chi connectivity index (χ4v) is 0.891. The zero-order valence-electron chi connectivity index (χ0n) is 7.27. The third kappa shape index (κ3) is 9.62. The first kappa shape index (κ1) is 10.6. The van der Waals surface area contributed by atoms with Crippen molar-refractivity contribution in [2.45, 2.75) is 32.6 Å². The number of hydrogen-bond acceptors (Lipinski definition) is 3. The Morgan fingerprint density at radius 3 is 2.73 bits per heavy atom. The van der Waals surface area contributed by atoms with Crippen LogP contribution in [0.2, 0.25) is 0 Å². The summed E-state index contributed by atoms with van der Waals surface area (Å²) in [5.41, 5.74) is 5.25. The van der Waals surface area contributed by atoms with Crippen molar-refractivity contribution in [3.63, 3.8) is 0 Å². The van der Waals surface area contributed by atoms with Crippen LogP contribution in [0.15, 0.2) is 12.2 Å². The zero-order chi connectivity index (χ0) is 8.36. The van der Waals surface area contributed by atoms with E-state index in [2.05, 4.69) is 30.0 Å². The van der Waals surface area contributed by atoms with Gasteiger partial charge in [0.25, 0.3) is 0 Å². The summed E-state index contributed by atoms with van der Waals surface area (Å²) in [6.45, 7) is 3.01. The number of hydrazine groups is 2. The topological polar surface area (TPSA) is 50.1 Å². The SMILES string of the molecule is CC=CCCCCCNNN. The third-order valence-electron chi connectivity index (χ3n) is 1.51. The van der Waals surface area contributed by atoms with Gasteiger partial charge in [-0.05, 0) is 26.2 Å². The van der Waals surface area contributed by atoms with Crippen molar-refractivity contribution in [1.29, 1.82) is 0 Å². The van der Waals surface area contributed by atoms with Gasteiger partial charge in [0.05, 0.1) is 0 Å². The van der Waals surface area contributed by atoms with Gasteiger partial charge < -0.3 is 0 Å². The summed E-state index contributed by atoms with van der Waals surface area (Å²) >= 11 is 0. The maximum absolute atomic E-state index is 5.02. The molecule has 0 aliphatic rings. The molecule has 0 saturated heterocycles. The first-order chi connectivity index (χ1) is 5.41. The maximum atomic E-state index is 5.02. The van der Waals surface area contributed by atoms with Gasteiger partial charge >= 0.3 is 0 Å². The molecular formula is C8H19N3. The molecule has 0 aromatic rings. The Kier molecular flexibility index (Phi) is 9.29. The molecule has 11 heavy (non-hydrogen) atoms. The maximum Gasteiger partial charge on any atom is 0.0113 e. The summed E-state index contributed by atoms with van der Waals surface area (Å²) in [6, 6.07) is 0. The van der Waals surface area contributed by atoms with E-state index in [1.165, 1.54) is 25.7 Å². The van der Waals surface area contributed by atoms with Crippen molar-refractivity contribution in [2.75, 3.05) is 6.54 Å². The Balaban J connectivity index is 2.79. The van der Waals surface area contributed by atoms with Crippen LogP contribution in [0.3, 0.4) is 0 Å². The van der Waals surface area contributed by atoms with Crippen LogP contribution in [0.4, 0.5) is 0 Å². The van der Waals surface area contributed by atoms with Gasteiger partial charge in [0.2, 0.25) is 0 Å². The molecule has 0 aromatic heterocycles. The van der Waals surface area contributed by atoms with Gasteiger partial charge in [0.1, 0.15) is 0 Å². The Morgan fingerprint density at radius 1 is 1.27 bits per heavy atom. The summed E-state index contributed by atoms with van der Waals surface area (Å²) in [5.74, 6) is 5.02. The molecule has 0 aromatic carbocycles. The first-order valence-electron chi connectivity index (χ1n) is 4.21. The summed E-state index contributed by atoms with van der Waals surface area (Å²) < 4.78 is 0. The molecule has 0 rings (SSSR count). The molecule has 4 N–H and O–H groups in total. The van der Waals surface area contributed by atoms with Gasteiger partial charge in [-0.2, -0.15) is 5.53 Å². The van der Waals surface area contributed by atoms with Crippen LogP contribution < -0.4 is 16.8 Å². The minimum atomic E-state index is 0.951. The van der Waals surface area contributed by atoms with Gasteiger partial charge in [0.15, 0.2) is 0 Å². The van der Waals surface area contributed by atoms with E-state index in [0.29, 0.717) is 0 Å². The molecule has 0 heterocycles. The highest BCUT2D eigenvalue weighted by Crippen LogP contribution is 1.98. The summed E-state index contributed by atoms with van der Waals surface area (Å²) in [7, 11) is 0. The van der Waals surface area contributed by atoms with E-state index in [1.807, 2.05) is 0 Å². The van der Waals surface area contributed by atoms with Crippen LogP contribution in [-0.4, -0.2) is 6.54 Å². The van der Waals surface area contributed by atoms with Crippen LogP contribution in [-0.2, 0) is 0 Å². The second-order valence-corrected chi connectivity index (χ2v) is 2.49. The van der Waals surface area contributed by atoms with Crippen molar-refractivity contribution in [3.05, 3.63) is 12.2 Å². The lowest BCUT2D eigenvalue weighted by Crippen LogP contribution is -2.38. The van der Waals surface area contributed by atoms with Gasteiger partial charge in [-0.15, -0.1) is 0 Å².